The van der Waals surface area contributed by atoms with E-state index in [2.05, 4.69) is 25.3 Å². The summed E-state index contributed by atoms with van der Waals surface area (Å²) in [5, 5.41) is 15.3. The molecule has 0 saturated carbocycles. The summed E-state index contributed by atoms with van der Waals surface area (Å²) in [6.45, 7) is 0. The highest BCUT2D eigenvalue weighted by molar-refractivity contribution is 7.17. The second-order valence-electron chi connectivity index (χ2n) is 4.53. The van der Waals surface area contributed by atoms with Crippen molar-refractivity contribution in [3.8, 4) is 21.3 Å². The van der Waals surface area contributed by atoms with Gasteiger partial charge in [-0.15, -0.1) is 10.2 Å². The number of fused-ring (bicyclic) bond motifs is 1. The van der Waals surface area contributed by atoms with Gasteiger partial charge in [0, 0.05) is 30.4 Å². The molecule has 4 aromatic heterocycles. The van der Waals surface area contributed by atoms with E-state index < -0.39 is 0 Å². The van der Waals surface area contributed by atoms with Gasteiger partial charge in [0.05, 0.1) is 6.20 Å². The lowest BCUT2D eigenvalue weighted by atomic mass is 10.3. The summed E-state index contributed by atoms with van der Waals surface area (Å²) in [6.07, 6.45) is 5.32. The highest BCUT2D eigenvalue weighted by Crippen LogP contribution is 2.29. The summed E-state index contributed by atoms with van der Waals surface area (Å²) in [5.74, 6) is 0. The van der Waals surface area contributed by atoms with Crippen LogP contribution in [0, 0.1) is 0 Å². The Morgan fingerprint density at radius 2 is 1.95 bits per heavy atom. The highest BCUT2D eigenvalue weighted by Gasteiger charge is 2.11. The largest absolute Gasteiger partial charge is 0.264 e. The molecule has 0 saturated heterocycles. The van der Waals surface area contributed by atoms with Gasteiger partial charge in [-0.2, -0.15) is 5.10 Å². The molecular formula is C14H10N6S. The fraction of sp³-hybridized carbons (Fsp3) is 0.0714. The minimum absolute atomic E-state index is 0.789. The van der Waals surface area contributed by atoms with Crippen LogP contribution in [0.3, 0.4) is 0 Å². The average molecular weight is 294 g/mol. The lowest BCUT2D eigenvalue weighted by Gasteiger charge is -1.97. The summed E-state index contributed by atoms with van der Waals surface area (Å²) >= 11 is 1.50. The number of aryl methyl sites for hydroxylation is 1. The molecule has 0 aromatic carbocycles. The number of pyridine rings is 2. The topological polar surface area (TPSA) is 69.4 Å². The van der Waals surface area contributed by atoms with Crippen molar-refractivity contribution in [3.05, 3.63) is 42.9 Å². The van der Waals surface area contributed by atoms with Gasteiger partial charge < -0.3 is 0 Å². The molecule has 0 atom stereocenters. The molecule has 21 heavy (non-hydrogen) atoms. The molecular weight excluding hydrogens is 284 g/mol. The van der Waals surface area contributed by atoms with Crippen LogP contribution in [0.4, 0.5) is 0 Å². The molecule has 4 heterocycles. The molecule has 6 nitrogen and oxygen atoms in total. The molecule has 0 aliphatic rings. The quantitative estimate of drug-likeness (QED) is 0.568. The van der Waals surface area contributed by atoms with Gasteiger partial charge in [0.15, 0.2) is 10.7 Å². The van der Waals surface area contributed by atoms with Gasteiger partial charge in [-0.3, -0.25) is 9.67 Å². The van der Waals surface area contributed by atoms with Gasteiger partial charge in [0.2, 0.25) is 0 Å². The Labute approximate surface area is 124 Å². The van der Waals surface area contributed by atoms with Crippen LogP contribution in [0.15, 0.2) is 42.9 Å². The zero-order valence-electron chi connectivity index (χ0n) is 11.1. The van der Waals surface area contributed by atoms with Gasteiger partial charge in [0.25, 0.3) is 0 Å². The van der Waals surface area contributed by atoms with Gasteiger partial charge in [-0.05, 0) is 24.3 Å². The maximum Gasteiger partial charge on any atom is 0.166 e. The van der Waals surface area contributed by atoms with E-state index in [1.54, 1.807) is 23.3 Å². The van der Waals surface area contributed by atoms with E-state index >= 15 is 0 Å². The maximum atomic E-state index is 4.60. The molecule has 0 bridgehead atoms. The predicted molar refractivity (Wildman–Crippen MR) is 80.6 cm³/mol. The average Bonchev–Trinajstić information content (AvgIpc) is 3.16. The van der Waals surface area contributed by atoms with E-state index in [1.807, 2.05) is 31.3 Å². The second-order valence-corrected chi connectivity index (χ2v) is 5.51. The Morgan fingerprint density at radius 3 is 2.81 bits per heavy atom. The van der Waals surface area contributed by atoms with Crippen LogP contribution in [0.1, 0.15) is 0 Å². The number of hydrogen-bond donors (Lipinski definition) is 0. The van der Waals surface area contributed by atoms with E-state index in [1.165, 1.54) is 11.3 Å². The first-order valence-electron chi connectivity index (χ1n) is 6.34. The molecule has 4 rings (SSSR count). The molecule has 7 heteroatoms. The molecule has 0 aliphatic heterocycles. The predicted octanol–water partition coefficient (Wildman–Crippen LogP) is 2.55. The molecule has 0 unspecified atom stereocenters. The molecule has 0 amide bonds. The number of hydrogen-bond acceptors (Lipinski definition) is 6. The fourth-order valence-corrected chi connectivity index (χ4v) is 2.88. The lowest BCUT2D eigenvalue weighted by molar-refractivity contribution is 0.786. The van der Waals surface area contributed by atoms with Crippen molar-refractivity contribution in [2.45, 2.75) is 0 Å². The molecule has 4 aromatic rings. The molecule has 0 N–H and O–H groups in total. The first kappa shape index (κ1) is 12.1. The molecule has 0 fully saturated rings. The third-order valence-corrected chi connectivity index (χ3v) is 4.13. The fourth-order valence-electron chi connectivity index (χ4n) is 2.07. The lowest BCUT2D eigenvalue weighted by Crippen LogP contribution is -1.92. The monoisotopic (exact) mass is 294 g/mol. The van der Waals surface area contributed by atoms with Crippen molar-refractivity contribution in [2.75, 3.05) is 0 Å². The van der Waals surface area contributed by atoms with E-state index in [0.717, 1.165) is 32.3 Å². The van der Waals surface area contributed by atoms with Gasteiger partial charge in [-0.25, -0.2) is 4.98 Å². The first-order valence-corrected chi connectivity index (χ1v) is 7.16. The van der Waals surface area contributed by atoms with Crippen molar-refractivity contribution in [2.24, 2.45) is 7.05 Å². The van der Waals surface area contributed by atoms with Crippen molar-refractivity contribution in [1.82, 2.24) is 29.9 Å². The minimum Gasteiger partial charge on any atom is -0.264 e. The van der Waals surface area contributed by atoms with E-state index in [0.29, 0.717) is 0 Å². The summed E-state index contributed by atoms with van der Waals surface area (Å²) < 4.78 is 1.75. The summed E-state index contributed by atoms with van der Waals surface area (Å²) in [4.78, 5) is 8.71. The zero-order valence-corrected chi connectivity index (χ0v) is 11.9. The van der Waals surface area contributed by atoms with Gasteiger partial charge >= 0.3 is 0 Å². The third kappa shape index (κ3) is 2.07. The van der Waals surface area contributed by atoms with Crippen LogP contribution in [-0.2, 0) is 7.05 Å². The standard InChI is InChI=1S/C14H10N6S/c1-20-12-9(8-16-20)4-5-11(17-12)14-19-18-13(21-14)10-3-2-6-15-7-10/h2-8H,1H3. The normalized spacial score (nSPS) is 11.1. The van der Waals surface area contributed by atoms with E-state index in [-0.39, 0.29) is 0 Å². The van der Waals surface area contributed by atoms with Crippen molar-refractivity contribution in [3.63, 3.8) is 0 Å². The Balaban J connectivity index is 1.79. The highest BCUT2D eigenvalue weighted by atomic mass is 32.1. The maximum absolute atomic E-state index is 4.60. The van der Waals surface area contributed by atoms with Crippen LogP contribution in [0.5, 0.6) is 0 Å². The first-order chi connectivity index (χ1) is 10.3. The van der Waals surface area contributed by atoms with Crippen molar-refractivity contribution >= 4 is 22.4 Å². The van der Waals surface area contributed by atoms with Crippen LogP contribution in [0.25, 0.3) is 32.3 Å². The van der Waals surface area contributed by atoms with Crippen LogP contribution in [-0.4, -0.2) is 29.9 Å². The number of nitrogens with zero attached hydrogens (tertiary/aromatic N) is 6. The van der Waals surface area contributed by atoms with E-state index in [4.69, 9.17) is 0 Å². The third-order valence-electron chi connectivity index (χ3n) is 3.13. The van der Waals surface area contributed by atoms with Crippen molar-refractivity contribution in [1.29, 1.82) is 0 Å². The van der Waals surface area contributed by atoms with E-state index in [9.17, 15) is 0 Å². The second kappa shape index (κ2) is 4.71. The Bertz CT molecular complexity index is 912. The van der Waals surface area contributed by atoms with Crippen LogP contribution >= 0.6 is 11.3 Å². The Morgan fingerprint density at radius 1 is 1.05 bits per heavy atom. The summed E-state index contributed by atoms with van der Waals surface area (Å²) in [5.41, 5.74) is 2.60. The van der Waals surface area contributed by atoms with Gasteiger partial charge in [-0.1, -0.05) is 11.3 Å². The zero-order chi connectivity index (χ0) is 14.2. The molecule has 0 aliphatic carbocycles. The Kier molecular flexibility index (Phi) is 2.71. The van der Waals surface area contributed by atoms with Crippen LogP contribution in [0.2, 0.25) is 0 Å². The molecule has 0 spiro atoms. The molecule has 0 radical (unpaired) electrons. The van der Waals surface area contributed by atoms with Crippen molar-refractivity contribution < 1.29 is 0 Å². The molecule has 102 valence electrons. The number of aromatic nitrogens is 6. The number of rotatable bonds is 2. The minimum atomic E-state index is 0.789. The van der Waals surface area contributed by atoms with Crippen LogP contribution < -0.4 is 0 Å². The SMILES string of the molecule is Cn1ncc2ccc(-c3nnc(-c4cccnc4)s3)nc21. The summed E-state index contributed by atoms with van der Waals surface area (Å²) in [6, 6.07) is 7.79. The Hall–Kier alpha value is -2.67. The summed E-state index contributed by atoms with van der Waals surface area (Å²) in [7, 11) is 1.88. The van der Waals surface area contributed by atoms with Gasteiger partial charge in [0.1, 0.15) is 10.7 Å². The smallest absolute Gasteiger partial charge is 0.166 e.